The van der Waals surface area contributed by atoms with E-state index in [1.807, 2.05) is 6.07 Å². The van der Waals surface area contributed by atoms with E-state index in [1.54, 1.807) is 31.2 Å². The van der Waals surface area contributed by atoms with Crippen molar-refractivity contribution in [2.24, 2.45) is 0 Å². The fourth-order valence-corrected chi connectivity index (χ4v) is 1.20. The van der Waals surface area contributed by atoms with Crippen molar-refractivity contribution in [3.63, 3.8) is 0 Å². The Balaban J connectivity index is 0.000000411. The van der Waals surface area contributed by atoms with Gasteiger partial charge in [-0.15, -0.1) is 0 Å². The first kappa shape index (κ1) is 16.1. The van der Waals surface area contributed by atoms with Crippen LogP contribution in [0.25, 0.3) is 6.08 Å². The highest BCUT2D eigenvalue weighted by Gasteiger charge is 1.94. The molecule has 1 rings (SSSR count). The van der Waals surface area contributed by atoms with Gasteiger partial charge in [0.15, 0.2) is 0 Å². The second-order valence-corrected chi connectivity index (χ2v) is 4.37. The summed E-state index contributed by atoms with van der Waals surface area (Å²) in [6.07, 6.45) is 3.89. The van der Waals surface area contributed by atoms with Crippen LogP contribution in [0.4, 0.5) is 0 Å². The van der Waals surface area contributed by atoms with Crippen LogP contribution in [0.5, 0.6) is 0 Å². The first-order valence-corrected chi connectivity index (χ1v) is 6.41. The molecule has 0 aromatic heterocycles. The van der Waals surface area contributed by atoms with Crippen molar-refractivity contribution in [3.8, 4) is 0 Å². The third-order valence-electron chi connectivity index (χ3n) is 1.54. The second-order valence-electron chi connectivity index (χ2n) is 3.07. The first-order chi connectivity index (χ1) is 8.35. The molecule has 0 spiro atoms. The van der Waals surface area contributed by atoms with Crippen LogP contribution in [-0.4, -0.2) is 24.0 Å². The van der Waals surface area contributed by atoms with Crippen molar-refractivity contribution in [1.82, 2.24) is 0 Å². The van der Waals surface area contributed by atoms with Crippen LogP contribution in [0, 0.1) is 0 Å². The Labute approximate surface area is 106 Å². The second kappa shape index (κ2) is 8.21. The van der Waals surface area contributed by atoms with Gasteiger partial charge in [0.2, 0.25) is 0 Å². The average molecular weight is 270 g/mol. The third kappa shape index (κ3) is 10.6. The maximum absolute atomic E-state index is 10.3. The first-order valence-electron chi connectivity index (χ1n) is 4.91. The monoisotopic (exact) mass is 270 g/mol. The molecule has 0 radical (unpaired) electrons. The Morgan fingerprint density at radius 2 is 1.78 bits per heavy atom. The van der Waals surface area contributed by atoms with Crippen molar-refractivity contribution in [2.75, 3.05) is 0 Å². The molecule has 2 N–H and O–H groups in total. The van der Waals surface area contributed by atoms with Gasteiger partial charge in [-0.3, -0.25) is 4.55 Å². The lowest BCUT2D eigenvalue weighted by Crippen LogP contribution is -1.88. The Morgan fingerprint density at radius 3 is 2.11 bits per heavy atom. The van der Waals surface area contributed by atoms with Gasteiger partial charge in [-0.25, -0.2) is 4.79 Å². The standard InChI is InChI=1S/C8H8O3S.C4H6O2/c9-12(10,11)7-6-8-4-2-1-3-5-8;1-2-3-4(5)6/h1-7H,(H,9,10,11);2-3H,1H3,(H,5,6). The Hall–Kier alpha value is -1.92. The van der Waals surface area contributed by atoms with Crippen LogP contribution >= 0.6 is 0 Å². The summed E-state index contributed by atoms with van der Waals surface area (Å²) in [6.45, 7) is 1.66. The molecule has 0 fully saturated rings. The van der Waals surface area contributed by atoms with Crippen molar-refractivity contribution in [1.29, 1.82) is 0 Å². The number of carbonyl (C=O) groups is 1. The van der Waals surface area contributed by atoms with Crippen LogP contribution < -0.4 is 0 Å². The van der Waals surface area contributed by atoms with Gasteiger partial charge in [-0.05, 0) is 18.6 Å². The molecule has 5 nitrogen and oxygen atoms in total. The highest BCUT2D eigenvalue weighted by atomic mass is 32.2. The van der Waals surface area contributed by atoms with Gasteiger partial charge in [0.25, 0.3) is 10.1 Å². The van der Waals surface area contributed by atoms with E-state index >= 15 is 0 Å². The molecule has 0 aliphatic carbocycles. The van der Waals surface area contributed by atoms with Gasteiger partial charge in [-0.1, -0.05) is 36.4 Å². The van der Waals surface area contributed by atoms with Crippen LogP contribution in [0.1, 0.15) is 12.5 Å². The molecule has 1 aromatic carbocycles. The number of carboxylic acid groups (broad SMARTS) is 1. The lowest BCUT2D eigenvalue weighted by Gasteiger charge is -1.89. The fourth-order valence-electron chi connectivity index (χ4n) is 0.871. The van der Waals surface area contributed by atoms with Crippen LogP contribution in [0.3, 0.4) is 0 Å². The molecular weight excluding hydrogens is 256 g/mol. The van der Waals surface area contributed by atoms with Crippen molar-refractivity contribution < 1.29 is 22.9 Å². The molecule has 0 saturated carbocycles. The molecule has 18 heavy (non-hydrogen) atoms. The van der Waals surface area contributed by atoms with Gasteiger partial charge in [0, 0.05) is 6.08 Å². The highest BCUT2D eigenvalue weighted by Crippen LogP contribution is 2.01. The lowest BCUT2D eigenvalue weighted by atomic mass is 10.2. The summed E-state index contributed by atoms with van der Waals surface area (Å²) in [4.78, 5) is 9.51. The van der Waals surface area contributed by atoms with E-state index in [0.717, 1.165) is 17.0 Å². The predicted molar refractivity (Wildman–Crippen MR) is 69.5 cm³/mol. The average Bonchev–Trinajstić information content (AvgIpc) is 2.27. The van der Waals surface area contributed by atoms with Gasteiger partial charge in [0.05, 0.1) is 5.41 Å². The number of rotatable bonds is 3. The van der Waals surface area contributed by atoms with Gasteiger partial charge >= 0.3 is 5.97 Å². The maximum Gasteiger partial charge on any atom is 0.327 e. The topological polar surface area (TPSA) is 91.7 Å². The van der Waals surface area contributed by atoms with E-state index in [2.05, 4.69) is 0 Å². The molecule has 0 saturated heterocycles. The minimum atomic E-state index is -4.00. The Bertz CT molecular complexity index is 515. The number of benzene rings is 1. The summed E-state index contributed by atoms with van der Waals surface area (Å²) in [5.41, 5.74) is 0.732. The third-order valence-corrected chi connectivity index (χ3v) is 2.02. The molecule has 0 amide bonds. The summed E-state index contributed by atoms with van der Waals surface area (Å²) in [5.74, 6) is -0.891. The lowest BCUT2D eigenvalue weighted by molar-refractivity contribution is -0.131. The zero-order chi connectivity index (χ0) is 14.0. The molecule has 0 atom stereocenters. The van der Waals surface area contributed by atoms with E-state index in [4.69, 9.17) is 9.66 Å². The molecule has 6 heteroatoms. The molecule has 0 heterocycles. The zero-order valence-electron chi connectivity index (χ0n) is 9.72. The van der Waals surface area contributed by atoms with Crippen molar-refractivity contribution in [2.45, 2.75) is 6.92 Å². The van der Waals surface area contributed by atoms with E-state index < -0.39 is 16.1 Å². The molecule has 0 unspecified atom stereocenters. The number of hydrogen-bond donors (Lipinski definition) is 2. The molecule has 0 aliphatic rings. The van der Waals surface area contributed by atoms with E-state index in [-0.39, 0.29) is 0 Å². The minimum Gasteiger partial charge on any atom is -0.478 e. The number of allylic oxidation sites excluding steroid dienone is 1. The summed E-state index contributed by atoms with van der Waals surface area (Å²) in [5, 5.41) is 8.58. The van der Waals surface area contributed by atoms with Crippen molar-refractivity contribution in [3.05, 3.63) is 53.5 Å². The van der Waals surface area contributed by atoms with E-state index in [9.17, 15) is 13.2 Å². The number of carboxylic acids is 1. The van der Waals surface area contributed by atoms with E-state index in [1.165, 1.54) is 12.2 Å². The largest absolute Gasteiger partial charge is 0.478 e. The summed E-state index contributed by atoms with van der Waals surface area (Å²) < 4.78 is 28.9. The minimum absolute atomic E-state index is 0.732. The number of aliphatic carboxylic acids is 1. The fraction of sp³-hybridized carbons (Fsp3) is 0.0833. The summed E-state index contributed by atoms with van der Waals surface area (Å²) >= 11 is 0. The van der Waals surface area contributed by atoms with Crippen molar-refractivity contribution >= 4 is 22.2 Å². The summed E-state index contributed by atoms with van der Waals surface area (Å²) in [6, 6.07) is 8.86. The Morgan fingerprint density at radius 1 is 1.22 bits per heavy atom. The van der Waals surface area contributed by atoms with Crippen LogP contribution in [0.15, 0.2) is 47.9 Å². The van der Waals surface area contributed by atoms with Gasteiger partial charge in [-0.2, -0.15) is 8.42 Å². The Kier molecular flexibility index (Phi) is 7.34. The highest BCUT2D eigenvalue weighted by molar-refractivity contribution is 7.88. The molecule has 98 valence electrons. The van der Waals surface area contributed by atoms with Gasteiger partial charge in [0.1, 0.15) is 0 Å². The quantitative estimate of drug-likeness (QED) is 0.649. The predicted octanol–water partition coefficient (Wildman–Crippen LogP) is 2.19. The summed E-state index contributed by atoms with van der Waals surface area (Å²) in [7, 11) is -4.00. The maximum atomic E-state index is 10.3. The van der Waals surface area contributed by atoms with Crippen LogP contribution in [-0.2, 0) is 14.9 Å². The smallest absolute Gasteiger partial charge is 0.327 e. The van der Waals surface area contributed by atoms with Gasteiger partial charge < -0.3 is 5.11 Å². The van der Waals surface area contributed by atoms with Crippen LogP contribution in [0.2, 0.25) is 0 Å². The zero-order valence-corrected chi connectivity index (χ0v) is 10.5. The molecular formula is C12H14O5S. The van der Waals surface area contributed by atoms with E-state index in [0.29, 0.717) is 0 Å². The molecule has 0 bridgehead atoms. The molecule has 0 aliphatic heterocycles. The normalized spacial score (nSPS) is 11.2. The SMILES string of the molecule is CC=CC(=O)O.O=S(=O)(O)C=Cc1ccccc1. The molecule has 1 aromatic rings. The number of hydrogen-bond acceptors (Lipinski definition) is 3.